The van der Waals surface area contributed by atoms with E-state index in [9.17, 15) is 22.3 Å². The van der Waals surface area contributed by atoms with Crippen LogP contribution in [-0.2, 0) is 9.84 Å². The topological polar surface area (TPSA) is 106 Å². The zero-order chi connectivity index (χ0) is 21.6. The molecule has 2 heterocycles. The van der Waals surface area contributed by atoms with Crippen molar-refractivity contribution in [2.45, 2.75) is 42.9 Å². The summed E-state index contributed by atoms with van der Waals surface area (Å²) >= 11 is 0. The molecule has 0 radical (unpaired) electrons. The molecule has 1 fully saturated rings. The van der Waals surface area contributed by atoms with E-state index < -0.39 is 39.8 Å². The third kappa shape index (κ3) is 3.86. The number of nitriles is 1. The van der Waals surface area contributed by atoms with Crippen molar-refractivity contribution in [2.24, 2.45) is 4.99 Å². The van der Waals surface area contributed by atoms with Crippen LogP contribution in [0.5, 0.6) is 5.75 Å². The minimum Gasteiger partial charge on any atom is -0.485 e. The highest BCUT2D eigenvalue weighted by atomic mass is 32.2. The summed E-state index contributed by atoms with van der Waals surface area (Å²) in [7, 11) is -2.47. The van der Waals surface area contributed by atoms with Crippen molar-refractivity contribution < 1.29 is 27.0 Å². The number of aliphatic hydroxyl groups is 1. The summed E-state index contributed by atoms with van der Waals surface area (Å²) in [5, 5.41) is 20.1. The lowest BCUT2D eigenvalue weighted by Gasteiger charge is -2.45. The molecule has 1 aromatic rings. The zero-order valence-corrected chi connectivity index (χ0v) is 17.0. The minimum absolute atomic E-state index is 0.275. The summed E-state index contributed by atoms with van der Waals surface area (Å²) in [6.45, 7) is 4.36. The fraction of sp³-hybridized carbons (Fsp3) is 0.556. The van der Waals surface area contributed by atoms with Gasteiger partial charge in [0.05, 0.1) is 10.9 Å². The molecule has 3 rings (SSSR count). The molecule has 0 amide bonds. The number of benzene rings is 1. The Morgan fingerprint density at radius 3 is 2.72 bits per heavy atom. The second kappa shape index (κ2) is 7.42. The van der Waals surface area contributed by atoms with Crippen LogP contribution in [0.25, 0.3) is 0 Å². The van der Waals surface area contributed by atoms with Gasteiger partial charge >= 0.3 is 0 Å². The molecule has 158 valence electrons. The summed E-state index contributed by atoms with van der Waals surface area (Å²) in [5.74, 6) is -0.618. The average molecular weight is 428 g/mol. The molecule has 8 nitrogen and oxygen atoms in total. The highest BCUT2D eigenvalue weighted by Crippen LogP contribution is 2.44. The van der Waals surface area contributed by atoms with Crippen molar-refractivity contribution in [1.29, 1.82) is 5.26 Å². The van der Waals surface area contributed by atoms with Gasteiger partial charge in [0.1, 0.15) is 23.2 Å². The first-order chi connectivity index (χ1) is 13.5. The third-order valence-electron chi connectivity index (χ3n) is 5.15. The minimum atomic E-state index is -4.22. The van der Waals surface area contributed by atoms with Gasteiger partial charge in [0, 0.05) is 25.7 Å². The van der Waals surface area contributed by atoms with Crippen LogP contribution in [0, 0.1) is 11.5 Å². The molecule has 2 unspecified atom stereocenters. The number of hydrogen-bond acceptors (Lipinski definition) is 6. The van der Waals surface area contributed by atoms with Gasteiger partial charge in [-0.15, -0.1) is 4.99 Å². The van der Waals surface area contributed by atoms with Gasteiger partial charge in [0.2, 0.25) is 12.2 Å². The molecule has 1 aromatic carbocycles. The molecule has 0 bridgehead atoms. The SMILES string of the molecule is CN1CCN(C2c3cc(S(=O)(=O)CC(F)F)ccc3OC(C)(C)C2O)C1=NC#N. The first kappa shape index (κ1) is 21.3. The fourth-order valence-electron chi connectivity index (χ4n) is 3.67. The number of likely N-dealkylation sites (N-methyl/N-ethyl adjacent to an activating group) is 1. The third-order valence-corrected chi connectivity index (χ3v) is 6.81. The Kier molecular flexibility index (Phi) is 5.44. The molecule has 2 aliphatic heterocycles. The van der Waals surface area contributed by atoms with Gasteiger partial charge in [-0.25, -0.2) is 17.2 Å². The van der Waals surface area contributed by atoms with E-state index in [0.29, 0.717) is 30.4 Å². The van der Waals surface area contributed by atoms with Crippen molar-refractivity contribution in [1.82, 2.24) is 9.80 Å². The van der Waals surface area contributed by atoms with E-state index in [1.165, 1.54) is 18.2 Å². The Balaban J connectivity index is 2.14. The summed E-state index contributed by atoms with van der Waals surface area (Å²) < 4.78 is 55.9. The number of nitrogens with zero attached hydrogens (tertiary/aromatic N) is 4. The number of rotatable bonds is 4. The van der Waals surface area contributed by atoms with Crippen molar-refractivity contribution in [3.63, 3.8) is 0 Å². The molecule has 1 saturated heterocycles. The Labute approximate surface area is 167 Å². The van der Waals surface area contributed by atoms with Gasteiger partial charge in [0.15, 0.2) is 9.84 Å². The smallest absolute Gasteiger partial charge is 0.252 e. The average Bonchev–Trinajstić information content (AvgIpc) is 2.95. The maximum absolute atomic E-state index is 12.7. The van der Waals surface area contributed by atoms with Gasteiger partial charge < -0.3 is 19.6 Å². The molecule has 0 spiro atoms. The molecule has 2 aliphatic rings. The van der Waals surface area contributed by atoms with Gasteiger partial charge in [-0.1, -0.05) is 0 Å². The normalized spacial score (nSPS) is 25.1. The van der Waals surface area contributed by atoms with Crippen LogP contribution >= 0.6 is 0 Å². The number of alkyl halides is 2. The Morgan fingerprint density at radius 1 is 1.41 bits per heavy atom. The number of aliphatic hydroxyl groups excluding tert-OH is 1. The highest BCUT2D eigenvalue weighted by molar-refractivity contribution is 7.91. The van der Waals surface area contributed by atoms with E-state index in [1.807, 2.05) is 0 Å². The number of sulfone groups is 1. The Bertz CT molecular complexity index is 975. The monoisotopic (exact) mass is 428 g/mol. The van der Waals surface area contributed by atoms with Crippen LogP contribution in [0.3, 0.4) is 0 Å². The zero-order valence-electron chi connectivity index (χ0n) is 16.2. The molecule has 2 atom stereocenters. The van der Waals surface area contributed by atoms with Crippen molar-refractivity contribution in [2.75, 3.05) is 25.9 Å². The number of halogens is 2. The fourth-order valence-corrected chi connectivity index (χ4v) is 4.78. The maximum Gasteiger partial charge on any atom is 0.252 e. The quantitative estimate of drug-likeness (QED) is 0.722. The van der Waals surface area contributed by atoms with Crippen LogP contribution in [0.1, 0.15) is 25.5 Å². The predicted molar refractivity (Wildman–Crippen MR) is 100 cm³/mol. The number of hydrogen-bond donors (Lipinski definition) is 1. The summed E-state index contributed by atoms with van der Waals surface area (Å²) in [6.07, 6.45) is -2.37. The number of aliphatic imine (C=N–C) groups is 1. The van der Waals surface area contributed by atoms with E-state index in [4.69, 9.17) is 10.00 Å². The molecule has 29 heavy (non-hydrogen) atoms. The molecule has 1 N–H and O–H groups in total. The summed E-state index contributed by atoms with van der Waals surface area (Å²) in [4.78, 5) is 7.01. The summed E-state index contributed by atoms with van der Waals surface area (Å²) in [6, 6.07) is 3.13. The van der Waals surface area contributed by atoms with E-state index in [-0.39, 0.29) is 4.90 Å². The van der Waals surface area contributed by atoms with Gasteiger partial charge in [-0.05, 0) is 32.0 Å². The molecule has 0 aliphatic carbocycles. The molecule has 0 aromatic heterocycles. The largest absolute Gasteiger partial charge is 0.485 e. The first-order valence-corrected chi connectivity index (χ1v) is 10.6. The number of guanidine groups is 1. The van der Waals surface area contributed by atoms with Crippen molar-refractivity contribution in [3.8, 4) is 11.9 Å². The van der Waals surface area contributed by atoms with Crippen LogP contribution in [0.15, 0.2) is 28.1 Å². The predicted octanol–water partition coefficient (Wildman–Crippen LogP) is 1.38. The maximum atomic E-state index is 12.7. The number of fused-ring (bicyclic) bond motifs is 1. The van der Waals surface area contributed by atoms with Crippen LogP contribution in [-0.4, -0.2) is 73.3 Å². The number of ether oxygens (including phenoxy) is 1. The van der Waals surface area contributed by atoms with E-state index in [2.05, 4.69) is 4.99 Å². The highest BCUT2D eigenvalue weighted by Gasteiger charge is 2.48. The molecular formula is C18H22F2N4O4S. The van der Waals surface area contributed by atoms with E-state index in [0.717, 1.165) is 0 Å². The molecule has 0 saturated carbocycles. The second-order valence-corrected chi connectivity index (χ2v) is 9.63. The van der Waals surface area contributed by atoms with Crippen LogP contribution in [0.4, 0.5) is 8.78 Å². The van der Waals surface area contributed by atoms with Gasteiger partial charge in [-0.2, -0.15) is 5.26 Å². The lowest BCUT2D eigenvalue weighted by atomic mass is 9.85. The van der Waals surface area contributed by atoms with E-state index in [1.54, 1.807) is 36.9 Å². The van der Waals surface area contributed by atoms with Crippen molar-refractivity contribution in [3.05, 3.63) is 23.8 Å². The van der Waals surface area contributed by atoms with Crippen LogP contribution < -0.4 is 4.74 Å². The summed E-state index contributed by atoms with van der Waals surface area (Å²) in [5.41, 5.74) is -0.673. The van der Waals surface area contributed by atoms with Gasteiger partial charge in [0.25, 0.3) is 6.43 Å². The first-order valence-electron chi connectivity index (χ1n) is 8.94. The Hall–Kier alpha value is -2.45. The van der Waals surface area contributed by atoms with E-state index >= 15 is 0 Å². The standard InChI is InChI=1S/C18H22F2N4O4S/c1-18(2)16(25)15(24-7-6-23(3)17(24)22-10-21)12-8-11(4-5-13(12)28-18)29(26,27)9-14(19)20/h4-5,8,14-16,25H,6-7,9H2,1-3H3. The lowest BCUT2D eigenvalue weighted by molar-refractivity contribution is -0.0802. The second-order valence-electron chi connectivity index (χ2n) is 7.59. The Morgan fingerprint density at radius 2 is 2.10 bits per heavy atom. The van der Waals surface area contributed by atoms with Crippen LogP contribution in [0.2, 0.25) is 0 Å². The molecular weight excluding hydrogens is 406 g/mol. The lowest BCUT2D eigenvalue weighted by Crippen LogP contribution is -2.54. The van der Waals surface area contributed by atoms with Crippen molar-refractivity contribution >= 4 is 15.8 Å². The van der Waals surface area contributed by atoms with Gasteiger partial charge in [-0.3, -0.25) is 0 Å². The molecule has 11 heteroatoms.